The summed E-state index contributed by atoms with van der Waals surface area (Å²) < 4.78 is 6.74. The Labute approximate surface area is 155 Å². The number of carbonyl (C=O) groups is 2. The first kappa shape index (κ1) is 16.8. The molecule has 0 saturated heterocycles. The van der Waals surface area contributed by atoms with Crippen LogP contribution >= 0.6 is 0 Å². The Morgan fingerprint density at radius 2 is 2.00 bits per heavy atom. The number of nitrogens with zero attached hydrogens (tertiary/aromatic N) is 2. The molecule has 4 rings (SSSR count). The fourth-order valence-corrected chi connectivity index (χ4v) is 3.08. The van der Waals surface area contributed by atoms with Crippen molar-refractivity contribution in [1.82, 2.24) is 14.4 Å². The fourth-order valence-electron chi connectivity index (χ4n) is 3.08. The van der Waals surface area contributed by atoms with Gasteiger partial charge in [-0.3, -0.25) is 9.20 Å². The van der Waals surface area contributed by atoms with Crippen LogP contribution in [0.2, 0.25) is 0 Å². The van der Waals surface area contributed by atoms with Crippen LogP contribution in [0.1, 0.15) is 23.0 Å². The van der Waals surface area contributed by atoms with Gasteiger partial charge in [-0.15, -0.1) is 0 Å². The number of H-pyrrole nitrogens is 1. The van der Waals surface area contributed by atoms with Crippen molar-refractivity contribution in [2.24, 2.45) is 0 Å². The maximum Gasteiger partial charge on any atom is 0.360 e. The molecule has 0 radical (unpaired) electrons. The minimum absolute atomic E-state index is 0.0929. The van der Waals surface area contributed by atoms with Crippen LogP contribution < -0.4 is 5.32 Å². The quantitative estimate of drug-likeness (QED) is 0.534. The van der Waals surface area contributed by atoms with E-state index in [1.54, 1.807) is 29.7 Å². The Morgan fingerprint density at radius 1 is 1.19 bits per heavy atom. The average Bonchev–Trinajstić information content (AvgIpc) is 3.24. The van der Waals surface area contributed by atoms with Gasteiger partial charge in [-0.2, -0.15) is 0 Å². The smallest absolute Gasteiger partial charge is 0.360 e. The predicted octanol–water partition coefficient (Wildman–Crippen LogP) is 3.17. The van der Waals surface area contributed by atoms with Crippen molar-refractivity contribution in [1.29, 1.82) is 0 Å². The van der Waals surface area contributed by atoms with Crippen molar-refractivity contribution in [3.05, 3.63) is 66.1 Å². The molecule has 0 unspecified atom stereocenters. The number of aromatic nitrogens is 3. The number of aromatic amines is 1. The number of fused-ring (bicyclic) bond motifs is 2. The summed E-state index contributed by atoms with van der Waals surface area (Å²) in [6.45, 7) is 1.96. The Kier molecular flexibility index (Phi) is 4.33. The molecule has 0 saturated carbocycles. The third-order valence-electron chi connectivity index (χ3n) is 4.28. The molecule has 0 bridgehead atoms. The Morgan fingerprint density at radius 3 is 2.85 bits per heavy atom. The monoisotopic (exact) mass is 362 g/mol. The number of pyridine rings is 1. The Hall–Kier alpha value is -3.61. The number of carbonyl (C=O) groups excluding carboxylic acids is 2. The van der Waals surface area contributed by atoms with Gasteiger partial charge in [0.15, 0.2) is 11.5 Å². The van der Waals surface area contributed by atoms with Crippen LogP contribution in [-0.4, -0.2) is 32.9 Å². The van der Waals surface area contributed by atoms with Gasteiger partial charge in [0.25, 0.3) is 0 Å². The van der Waals surface area contributed by atoms with E-state index < -0.39 is 5.97 Å². The molecule has 0 atom stereocenters. The highest BCUT2D eigenvalue weighted by atomic mass is 16.5. The molecule has 2 N–H and O–H groups in total. The number of benzene rings is 1. The van der Waals surface area contributed by atoms with E-state index in [0.717, 1.165) is 16.5 Å². The van der Waals surface area contributed by atoms with Crippen LogP contribution in [0.3, 0.4) is 0 Å². The summed E-state index contributed by atoms with van der Waals surface area (Å²) in [5.41, 5.74) is 2.51. The zero-order chi connectivity index (χ0) is 18.8. The van der Waals surface area contributed by atoms with Crippen molar-refractivity contribution >= 4 is 34.2 Å². The molecule has 1 aromatic carbocycles. The van der Waals surface area contributed by atoms with Crippen LogP contribution in [0.25, 0.3) is 16.6 Å². The highest BCUT2D eigenvalue weighted by Gasteiger charge is 2.22. The van der Waals surface area contributed by atoms with Crippen LogP contribution in [0, 0.1) is 0 Å². The van der Waals surface area contributed by atoms with E-state index in [0.29, 0.717) is 11.5 Å². The molecule has 4 aromatic rings. The standard InChI is InChI=1S/C20H18N4O3/c1-2-27-20(26)18-19(24-10-6-5-9-16(24)22-18)23-17(25)11-13-12-21-15-8-4-3-7-14(13)15/h3-10,12,21H,2,11H2,1H3,(H,23,25). The lowest BCUT2D eigenvalue weighted by Gasteiger charge is -2.07. The van der Waals surface area contributed by atoms with Gasteiger partial charge in [0.05, 0.1) is 13.0 Å². The van der Waals surface area contributed by atoms with Gasteiger partial charge in [-0.25, -0.2) is 9.78 Å². The van der Waals surface area contributed by atoms with E-state index in [4.69, 9.17) is 4.74 Å². The van der Waals surface area contributed by atoms with Crippen LogP contribution in [0.5, 0.6) is 0 Å². The molecule has 7 heteroatoms. The molecule has 7 nitrogen and oxygen atoms in total. The van der Waals surface area contributed by atoms with Crippen molar-refractivity contribution in [2.75, 3.05) is 11.9 Å². The second kappa shape index (κ2) is 6.95. The van der Waals surface area contributed by atoms with Crippen molar-refractivity contribution in [3.8, 4) is 0 Å². The molecular weight excluding hydrogens is 344 g/mol. The summed E-state index contributed by atoms with van der Waals surface area (Å²) >= 11 is 0. The Balaban J connectivity index is 1.65. The molecular formula is C20H18N4O3. The molecule has 136 valence electrons. The molecule has 3 heterocycles. The summed E-state index contributed by atoms with van der Waals surface area (Å²) in [4.78, 5) is 32.4. The molecule has 1 amide bonds. The van der Waals surface area contributed by atoms with Crippen LogP contribution in [-0.2, 0) is 16.0 Å². The number of hydrogen-bond donors (Lipinski definition) is 2. The van der Waals surface area contributed by atoms with E-state index in [1.807, 2.05) is 36.5 Å². The van der Waals surface area contributed by atoms with Gasteiger partial charge in [0.1, 0.15) is 5.65 Å². The van der Waals surface area contributed by atoms with Gasteiger partial charge in [-0.1, -0.05) is 24.3 Å². The number of hydrogen-bond acceptors (Lipinski definition) is 4. The minimum atomic E-state index is -0.566. The minimum Gasteiger partial charge on any atom is -0.461 e. The number of amides is 1. The third-order valence-corrected chi connectivity index (χ3v) is 4.28. The first-order valence-electron chi connectivity index (χ1n) is 8.66. The van der Waals surface area contributed by atoms with E-state index in [2.05, 4.69) is 15.3 Å². The highest BCUT2D eigenvalue weighted by Crippen LogP contribution is 2.21. The zero-order valence-corrected chi connectivity index (χ0v) is 14.7. The van der Waals surface area contributed by atoms with Gasteiger partial charge in [-0.05, 0) is 30.7 Å². The molecule has 0 aliphatic heterocycles. The normalized spacial score (nSPS) is 11.0. The average molecular weight is 362 g/mol. The summed E-state index contributed by atoms with van der Waals surface area (Å²) in [5, 5.41) is 3.82. The zero-order valence-electron chi connectivity index (χ0n) is 14.7. The number of para-hydroxylation sites is 1. The van der Waals surface area contributed by atoms with E-state index in [9.17, 15) is 9.59 Å². The van der Waals surface area contributed by atoms with Gasteiger partial charge in [0, 0.05) is 23.3 Å². The lowest BCUT2D eigenvalue weighted by atomic mass is 10.1. The molecule has 27 heavy (non-hydrogen) atoms. The molecule has 0 aliphatic carbocycles. The second-order valence-electron chi connectivity index (χ2n) is 6.04. The summed E-state index contributed by atoms with van der Waals surface area (Å²) in [7, 11) is 0. The molecule has 0 fully saturated rings. The van der Waals surface area contributed by atoms with Crippen LogP contribution in [0.15, 0.2) is 54.9 Å². The predicted molar refractivity (Wildman–Crippen MR) is 102 cm³/mol. The van der Waals surface area contributed by atoms with Crippen LogP contribution in [0.4, 0.5) is 5.82 Å². The number of rotatable bonds is 5. The van der Waals surface area contributed by atoms with Crippen molar-refractivity contribution in [2.45, 2.75) is 13.3 Å². The second-order valence-corrected chi connectivity index (χ2v) is 6.04. The van der Waals surface area contributed by atoms with Gasteiger partial charge < -0.3 is 15.0 Å². The van der Waals surface area contributed by atoms with Gasteiger partial charge >= 0.3 is 5.97 Å². The van der Waals surface area contributed by atoms with E-state index >= 15 is 0 Å². The number of imidazole rings is 1. The number of nitrogens with one attached hydrogen (secondary N) is 2. The Bertz CT molecular complexity index is 1140. The summed E-state index contributed by atoms with van der Waals surface area (Å²) in [5.74, 6) is -0.492. The van der Waals surface area contributed by atoms with E-state index in [1.165, 1.54) is 0 Å². The number of anilines is 1. The largest absolute Gasteiger partial charge is 0.461 e. The maximum absolute atomic E-state index is 12.7. The summed E-state index contributed by atoms with van der Waals surface area (Å²) in [6.07, 6.45) is 3.74. The van der Waals surface area contributed by atoms with Gasteiger partial charge in [0.2, 0.25) is 5.91 Å². The number of esters is 1. The first-order chi connectivity index (χ1) is 13.2. The molecule has 0 spiro atoms. The highest BCUT2D eigenvalue weighted by molar-refractivity contribution is 6.01. The SMILES string of the molecule is CCOC(=O)c1nc2ccccn2c1NC(=O)Cc1c[nH]c2ccccc12. The van der Waals surface area contributed by atoms with Crippen molar-refractivity contribution in [3.63, 3.8) is 0 Å². The topological polar surface area (TPSA) is 88.5 Å². The molecule has 3 aromatic heterocycles. The first-order valence-corrected chi connectivity index (χ1v) is 8.66. The fraction of sp³-hybridized carbons (Fsp3) is 0.150. The molecule has 0 aliphatic rings. The lowest BCUT2D eigenvalue weighted by molar-refractivity contribution is -0.115. The maximum atomic E-state index is 12.7. The van der Waals surface area contributed by atoms with E-state index in [-0.39, 0.29) is 24.6 Å². The lowest BCUT2D eigenvalue weighted by Crippen LogP contribution is -2.18. The summed E-state index contributed by atoms with van der Waals surface area (Å²) in [6, 6.07) is 13.2. The number of ether oxygens (including phenoxy) is 1. The van der Waals surface area contributed by atoms with Crippen molar-refractivity contribution < 1.29 is 14.3 Å². The third kappa shape index (κ3) is 3.15.